The minimum absolute atomic E-state index is 0.513. The predicted molar refractivity (Wildman–Crippen MR) is 52.6 cm³/mol. The molecule has 0 aliphatic carbocycles. The molecule has 0 aliphatic rings. The third-order valence-corrected chi connectivity index (χ3v) is 2.22. The quantitative estimate of drug-likeness (QED) is 0.581. The molecule has 0 spiro atoms. The second-order valence-corrected chi connectivity index (χ2v) is 3.18. The summed E-state index contributed by atoms with van der Waals surface area (Å²) in [6, 6.07) is 5.40. The summed E-state index contributed by atoms with van der Waals surface area (Å²) >= 11 is 11.8. The summed E-state index contributed by atoms with van der Waals surface area (Å²) in [4.78, 5) is 0. The molecule has 0 aromatic heterocycles. The Bertz CT molecular complexity index is 292. The van der Waals surface area contributed by atoms with Gasteiger partial charge in [-0.1, -0.05) is 29.3 Å². The molecule has 0 saturated heterocycles. The van der Waals surface area contributed by atoms with E-state index >= 15 is 0 Å². The molecule has 0 amide bonds. The van der Waals surface area contributed by atoms with Gasteiger partial charge in [-0.2, -0.15) is 10.5 Å². The van der Waals surface area contributed by atoms with Crippen LogP contribution in [0.3, 0.4) is 0 Å². The average molecular weight is 219 g/mol. The van der Waals surface area contributed by atoms with Crippen LogP contribution in [0.15, 0.2) is 23.4 Å². The van der Waals surface area contributed by atoms with Gasteiger partial charge in [-0.15, -0.1) is 0 Å². The summed E-state index contributed by atoms with van der Waals surface area (Å²) in [5, 5.41) is 7.63. The first-order valence-electron chi connectivity index (χ1n) is 3.78. The molecule has 0 fully saturated rings. The standard InChI is InChI=1S/C8H9Cl2N3/c1-11-13-12-5-6-7(9)3-2-4-8(6)10/h2-4H,5H2,1H3,(H,11,12)/p+1. The van der Waals surface area contributed by atoms with Crippen molar-refractivity contribution in [2.75, 3.05) is 7.05 Å². The second-order valence-electron chi connectivity index (χ2n) is 2.37. The Morgan fingerprint density at radius 2 is 2.00 bits per heavy atom. The highest BCUT2D eigenvalue weighted by Crippen LogP contribution is 2.23. The van der Waals surface area contributed by atoms with Crippen LogP contribution >= 0.6 is 23.2 Å². The third kappa shape index (κ3) is 2.86. The van der Waals surface area contributed by atoms with Crippen LogP contribution in [0.25, 0.3) is 0 Å². The van der Waals surface area contributed by atoms with E-state index in [0.29, 0.717) is 16.6 Å². The van der Waals surface area contributed by atoms with Crippen molar-refractivity contribution < 1.29 is 5.11 Å². The highest BCUT2D eigenvalue weighted by Gasteiger charge is 2.05. The molecule has 0 aliphatic heterocycles. The summed E-state index contributed by atoms with van der Waals surface area (Å²) in [6.07, 6.45) is 0. The second kappa shape index (κ2) is 5.04. The first-order chi connectivity index (χ1) is 6.25. The Morgan fingerprint density at radius 1 is 1.38 bits per heavy atom. The Balaban J connectivity index is 2.75. The van der Waals surface area contributed by atoms with Gasteiger partial charge in [0.25, 0.3) is 0 Å². The summed E-state index contributed by atoms with van der Waals surface area (Å²) in [5.41, 5.74) is 3.63. The van der Waals surface area contributed by atoms with Crippen LogP contribution in [0, 0.1) is 0 Å². The maximum Gasteiger partial charge on any atom is 0.132 e. The average Bonchev–Trinajstić information content (AvgIpc) is 2.10. The highest BCUT2D eigenvalue weighted by atomic mass is 35.5. The number of halogens is 2. The first kappa shape index (κ1) is 10.3. The van der Waals surface area contributed by atoms with Crippen molar-refractivity contribution in [3.05, 3.63) is 33.8 Å². The molecule has 0 saturated carbocycles. The highest BCUT2D eigenvalue weighted by molar-refractivity contribution is 6.35. The largest absolute Gasteiger partial charge is 0.186 e. The minimum atomic E-state index is 0.513. The van der Waals surface area contributed by atoms with Crippen LogP contribution in [0.5, 0.6) is 0 Å². The molecule has 1 aromatic carbocycles. The van der Waals surface area contributed by atoms with Crippen LogP contribution in [0.4, 0.5) is 0 Å². The predicted octanol–water partition coefficient (Wildman–Crippen LogP) is 1.16. The molecule has 0 unspecified atom stereocenters. The molecular formula is C8H10Cl2N3+. The zero-order valence-corrected chi connectivity index (χ0v) is 8.65. The lowest BCUT2D eigenvalue weighted by molar-refractivity contribution is -0.506. The molecular weight excluding hydrogens is 209 g/mol. The monoisotopic (exact) mass is 218 g/mol. The van der Waals surface area contributed by atoms with Gasteiger partial charge in [-0.05, 0) is 12.1 Å². The van der Waals surface area contributed by atoms with E-state index in [0.717, 1.165) is 5.56 Å². The van der Waals surface area contributed by atoms with Gasteiger partial charge in [0.15, 0.2) is 0 Å². The van der Waals surface area contributed by atoms with Crippen LogP contribution in [0.1, 0.15) is 5.56 Å². The van der Waals surface area contributed by atoms with Crippen molar-refractivity contribution in [3.63, 3.8) is 0 Å². The van der Waals surface area contributed by atoms with Crippen LogP contribution in [-0.2, 0) is 6.54 Å². The van der Waals surface area contributed by atoms with Crippen molar-refractivity contribution in [2.24, 2.45) is 5.22 Å². The summed E-state index contributed by atoms with van der Waals surface area (Å²) < 4.78 is 0. The van der Waals surface area contributed by atoms with Gasteiger partial charge >= 0.3 is 0 Å². The molecule has 0 radical (unpaired) electrons. The zero-order chi connectivity index (χ0) is 9.68. The molecule has 0 heterocycles. The molecule has 2 N–H and O–H groups in total. The fraction of sp³-hybridized carbons (Fsp3) is 0.250. The van der Waals surface area contributed by atoms with Gasteiger partial charge in [-0.25, -0.2) is 0 Å². The molecule has 0 atom stereocenters. The summed E-state index contributed by atoms with van der Waals surface area (Å²) in [5.74, 6) is 0. The lowest BCUT2D eigenvalue weighted by Crippen LogP contribution is -2.61. The van der Waals surface area contributed by atoms with E-state index in [1.807, 2.05) is 6.07 Å². The number of nitrogens with one attached hydrogen (secondary N) is 2. The zero-order valence-electron chi connectivity index (χ0n) is 7.14. The topological polar surface area (TPSA) is 38.4 Å². The van der Waals surface area contributed by atoms with Crippen molar-refractivity contribution in [1.82, 2.24) is 5.43 Å². The van der Waals surface area contributed by atoms with E-state index in [-0.39, 0.29) is 0 Å². The summed E-state index contributed by atoms with van der Waals surface area (Å²) in [6.45, 7) is 0.513. The molecule has 1 rings (SSSR count). The van der Waals surface area contributed by atoms with E-state index in [9.17, 15) is 0 Å². The number of benzene rings is 1. The fourth-order valence-corrected chi connectivity index (χ4v) is 1.43. The van der Waals surface area contributed by atoms with E-state index in [4.69, 9.17) is 23.2 Å². The van der Waals surface area contributed by atoms with Crippen molar-refractivity contribution in [2.45, 2.75) is 6.54 Å². The molecule has 0 bridgehead atoms. The Hall–Kier alpha value is -0.800. The van der Waals surface area contributed by atoms with Crippen molar-refractivity contribution >= 4 is 23.2 Å². The van der Waals surface area contributed by atoms with Gasteiger partial charge in [0.05, 0.1) is 12.3 Å². The van der Waals surface area contributed by atoms with Crippen molar-refractivity contribution in [1.29, 1.82) is 0 Å². The normalized spacial score (nSPS) is 10.7. The van der Waals surface area contributed by atoms with Gasteiger partial charge in [0.2, 0.25) is 0 Å². The van der Waals surface area contributed by atoms with Gasteiger partial charge in [0.1, 0.15) is 6.54 Å². The molecule has 3 nitrogen and oxygen atoms in total. The van der Waals surface area contributed by atoms with Crippen LogP contribution < -0.4 is 10.5 Å². The lowest BCUT2D eigenvalue weighted by Gasteiger charge is -2.01. The molecule has 1 aromatic rings. The molecule has 5 heteroatoms. The van der Waals surface area contributed by atoms with Crippen LogP contribution in [0.2, 0.25) is 10.0 Å². The number of hydrogen-bond donors (Lipinski definition) is 2. The SMILES string of the molecule is C[NH+]=NNCc1c(Cl)cccc1Cl. The lowest BCUT2D eigenvalue weighted by atomic mass is 10.2. The maximum absolute atomic E-state index is 5.92. The van der Waals surface area contributed by atoms with Gasteiger partial charge in [-0.3, -0.25) is 0 Å². The third-order valence-electron chi connectivity index (χ3n) is 1.51. The van der Waals surface area contributed by atoms with E-state index in [1.54, 1.807) is 19.2 Å². The van der Waals surface area contributed by atoms with E-state index in [1.165, 1.54) is 0 Å². The van der Waals surface area contributed by atoms with E-state index in [2.05, 4.69) is 15.8 Å². The smallest absolute Gasteiger partial charge is 0.132 e. The van der Waals surface area contributed by atoms with Gasteiger partial charge < -0.3 is 0 Å². The molecule has 13 heavy (non-hydrogen) atoms. The Morgan fingerprint density at radius 3 is 2.54 bits per heavy atom. The maximum atomic E-state index is 5.92. The van der Waals surface area contributed by atoms with Crippen molar-refractivity contribution in [3.8, 4) is 0 Å². The number of hydrogen-bond acceptors (Lipinski definition) is 1. The summed E-state index contributed by atoms with van der Waals surface area (Å²) in [7, 11) is 1.71. The Labute approximate surface area is 86.7 Å². The van der Waals surface area contributed by atoms with Gasteiger partial charge in [0, 0.05) is 15.6 Å². The minimum Gasteiger partial charge on any atom is -0.186 e. The van der Waals surface area contributed by atoms with E-state index < -0.39 is 0 Å². The molecule has 70 valence electrons. The Kier molecular flexibility index (Phi) is 3.99. The number of rotatable bonds is 3. The number of nitrogens with zero attached hydrogens (tertiary/aromatic N) is 1. The fourth-order valence-electron chi connectivity index (χ4n) is 0.899. The van der Waals surface area contributed by atoms with Crippen LogP contribution in [-0.4, -0.2) is 7.05 Å². The first-order valence-corrected chi connectivity index (χ1v) is 4.53.